The Bertz CT molecular complexity index is 6260. The molecule has 2 aliphatic carbocycles. The summed E-state index contributed by atoms with van der Waals surface area (Å²) in [6, 6.07) is 131. The fourth-order valence-electron chi connectivity index (χ4n) is 17.1. The second-order valence-corrected chi connectivity index (χ2v) is 31.2. The van der Waals surface area contributed by atoms with Crippen LogP contribution >= 0.6 is 15.9 Å². The number of anilines is 6. The van der Waals surface area contributed by atoms with Crippen LogP contribution in [-0.2, 0) is 0 Å². The molecule has 2 N–H and O–H groups in total. The van der Waals surface area contributed by atoms with Crippen molar-refractivity contribution >= 4 is 107 Å². The van der Waals surface area contributed by atoms with Crippen molar-refractivity contribution in [2.75, 3.05) is 9.80 Å². The van der Waals surface area contributed by atoms with Crippen molar-refractivity contribution in [2.45, 2.75) is 76.0 Å². The molecule has 18 aromatic rings. The second-order valence-electron chi connectivity index (χ2n) is 30.3. The molecular formula is C106H86BBrN4O4. The van der Waals surface area contributed by atoms with Gasteiger partial charge in [-0.05, 0) is 202 Å². The molecular weight excluding hydrogens is 1480 g/mol. The molecule has 2 fully saturated rings. The number of benzene rings is 14. The normalized spacial score (nSPS) is 13.1. The summed E-state index contributed by atoms with van der Waals surface area (Å²) in [5, 5.41) is 23.6. The van der Waals surface area contributed by atoms with E-state index in [0.29, 0.717) is 17.2 Å². The Balaban J connectivity index is 0.000000140. The minimum atomic E-state index is -1.66. The Morgan fingerprint density at radius 1 is 0.276 bits per heavy atom. The molecule has 0 saturated heterocycles. The molecule has 564 valence electrons. The number of nitrogens with zero attached hydrogens (tertiary/aromatic N) is 4. The largest absolute Gasteiger partial charge is 0.508 e. The summed E-state index contributed by atoms with van der Waals surface area (Å²) < 4.78 is 15.1. The zero-order valence-corrected chi connectivity index (χ0v) is 66.1. The van der Waals surface area contributed by atoms with Gasteiger partial charge in [0.1, 0.15) is 11.2 Å². The number of hydrogen-bond acceptors (Lipinski definition) is 8. The molecule has 0 unspecified atom stereocenters. The summed E-state index contributed by atoms with van der Waals surface area (Å²) in [5.41, 5.74) is 26.7. The molecule has 2 aliphatic rings. The van der Waals surface area contributed by atoms with Crippen molar-refractivity contribution in [1.82, 2.24) is 9.97 Å². The minimum Gasteiger partial charge on any atom is -0.453 e. The van der Waals surface area contributed by atoms with Crippen molar-refractivity contribution in [3.63, 3.8) is 0 Å². The highest BCUT2D eigenvalue weighted by Gasteiger charge is 2.26. The van der Waals surface area contributed by atoms with Crippen molar-refractivity contribution in [1.29, 1.82) is 0 Å². The van der Waals surface area contributed by atoms with E-state index in [1.165, 1.54) is 90.9 Å². The van der Waals surface area contributed by atoms with E-state index in [-0.39, 0.29) is 5.59 Å². The van der Waals surface area contributed by atoms with Crippen LogP contribution in [0.5, 0.6) is 0 Å². The Morgan fingerprint density at radius 2 is 0.595 bits per heavy atom. The van der Waals surface area contributed by atoms with E-state index in [9.17, 15) is 10.0 Å². The minimum absolute atomic E-state index is 0.180. The van der Waals surface area contributed by atoms with Crippen LogP contribution in [0.2, 0.25) is 0 Å². The average Bonchev–Trinajstić information content (AvgIpc) is 1.57. The first kappa shape index (κ1) is 74.5. The quantitative estimate of drug-likeness (QED) is 0.0924. The average molecular weight is 1570 g/mol. The number of fused-ring (bicyclic) bond motifs is 6. The topological polar surface area (TPSA) is 99.0 Å². The monoisotopic (exact) mass is 1570 g/mol. The van der Waals surface area contributed by atoms with E-state index < -0.39 is 7.12 Å². The van der Waals surface area contributed by atoms with Gasteiger partial charge in [0.25, 0.3) is 0 Å². The SMILES string of the molecule is Brc1ccc(C2CCCCC2)cc1.OB(O)c1cccc(-c2cccc3c2oc2c(N(c4cccc(-c5ccccc5)c4)c4cccc(-c5ccccc5)c4)cccc23)n1.c1ccc(-c2cccc(N(c3cccc(-c4ccccc4)c3)c3cccc4c3oc3c(-c5cccc(-c6ccc(C7CCCCC7)cc6)n5)cccc34)c2)cc1. The zero-order valence-electron chi connectivity index (χ0n) is 64.5. The molecule has 116 heavy (non-hydrogen) atoms. The van der Waals surface area contributed by atoms with Crippen molar-refractivity contribution in [2.24, 2.45) is 0 Å². The van der Waals surface area contributed by atoms with Crippen LogP contribution in [0.1, 0.15) is 87.2 Å². The summed E-state index contributed by atoms with van der Waals surface area (Å²) >= 11 is 3.47. The van der Waals surface area contributed by atoms with E-state index in [2.05, 4.69) is 364 Å². The van der Waals surface area contributed by atoms with Crippen LogP contribution in [-0.4, -0.2) is 27.1 Å². The lowest BCUT2D eigenvalue weighted by molar-refractivity contribution is 0.424. The van der Waals surface area contributed by atoms with Crippen LogP contribution < -0.4 is 15.4 Å². The van der Waals surface area contributed by atoms with E-state index in [1.807, 2.05) is 30.3 Å². The van der Waals surface area contributed by atoms with Crippen molar-refractivity contribution < 1.29 is 18.9 Å². The summed E-state index contributed by atoms with van der Waals surface area (Å²) in [4.78, 5) is 14.3. The predicted octanol–water partition coefficient (Wildman–Crippen LogP) is 28.8. The van der Waals surface area contributed by atoms with E-state index in [4.69, 9.17) is 13.8 Å². The fraction of sp³-hybridized carbons (Fsp3) is 0.113. The fourth-order valence-corrected chi connectivity index (χ4v) is 17.3. The third-order valence-electron chi connectivity index (χ3n) is 22.9. The van der Waals surface area contributed by atoms with Crippen LogP contribution in [0.3, 0.4) is 0 Å². The zero-order chi connectivity index (χ0) is 78.1. The summed E-state index contributed by atoms with van der Waals surface area (Å²) in [7, 11) is -1.66. The molecule has 10 heteroatoms. The maximum absolute atomic E-state index is 9.79. The van der Waals surface area contributed by atoms with Crippen LogP contribution in [0.25, 0.3) is 122 Å². The van der Waals surface area contributed by atoms with Gasteiger partial charge in [0.2, 0.25) is 0 Å². The lowest BCUT2D eigenvalue weighted by atomic mass is 9.84. The number of para-hydroxylation sites is 4. The summed E-state index contributed by atoms with van der Waals surface area (Å²) in [6.07, 6.45) is 13.7. The smallest absolute Gasteiger partial charge is 0.453 e. The van der Waals surface area contributed by atoms with Crippen LogP contribution in [0, 0.1) is 0 Å². The molecule has 4 aromatic heterocycles. The van der Waals surface area contributed by atoms with Gasteiger partial charge >= 0.3 is 7.12 Å². The first-order valence-electron chi connectivity index (χ1n) is 40.5. The molecule has 0 spiro atoms. The van der Waals surface area contributed by atoms with Crippen molar-refractivity contribution in [3.8, 4) is 78.3 Å². The third kappa shape index (κ3) is 16.0. The molecule has 2 saturated carbocycles. The molecule has 0 amide bonds. The predicted molar refractivity (Wildman–Crippen MR) is 486 cm³/mol. The van der Waals surface area contributed by atoms with Gasteiger partial charge in [0.15, 0.2) is 11.2 Å². The number of rotatable bonds is 16. The Hall–Kier alpha value is -13.0. The van der Waals surface area contributed by atoms with Crippen LogP contribution in [0.4, 0.5) is 34.1 Å². The number of halogens is 1. The number of pyridine rings is 2. The van der Waals surface area contributed by atoms with Gasteiger partial charge in [-0.25, -0.2) is 4.98 Å². The Kier molecular flexibility index (Phi) is 22.1. The van der Waals surface area contributed by atoms with Crippen molar-refractivity contribution in [3.05, 3.63) is 392 Å². The van der Waals surface area contributed by atoms with E-state index in [0.717, 1.165) is 140 Å². The molecule has 0 radical (unpaired) electrons. The van der Waals surface area contributed by atoms with E-state index in [1.54, 1.807) is 12.1 Å². The van der Waals surface area contributed by atoms with E-state index >= 15 is 0 Å². The highest BCUT2D eigenvalue weighted by atomic mass is 79.9. The van der Waals surface area contributed by atoms with Crippen LogP contribution in [0.15, 0.2) is 389 Å². The molecule has 0 bridgehead atoms. The van der Waals surface area contributed by atoms with Gasteiger partial charge in [-0.15, -0.1) is 0 Å². The summed E-state index contributed by atoms with van der Waals surface area (Å²) in [5.74, 6) is 1.52. The molecule has 14 aromatic carbocycles. The number of hydrogen-bond donors (Lipinski definition) is 2. The molecule has 20 rings (SSSR count). The summed E-state index contributed by atoms with van der Waals surface area (Å²) in [6.45, 7) is 0. The first-order valence-corrected chi connectivity index (χ1v) is 41.3. The lowest BCUT2D eigenvalue weighted by Crippen LogP contribution is -2.32. The van der Waals surface area contributed by atoms with Gasteiger partial charge in [-0.1, -0.05) is 321 Å². The van der Waals surface area contributed by atoms with Gasteiger partial charge < -0.3 is 28.7 Å². The Labute approximate surface area is 686 Å². The van der Waals surface area contributed by atoms with Gasteiger partial charge in [-0.2, -0.15) is 0 Å². The van der Waals surface area contributed by atoms with Gasteiger partial charge in [0.05, 0.1) is 34.0 Å². The van der Waals surface area contributed by atoms with Gasteiger partial charge in [-0.3, -0.25) is 4.98 Å². The first-order chi connectivity index (χ1) is 57.3. The maximum atomic E-state index is 9.79. The standard InChI is InChI=1S/C53H42N2O.C41H29BN2O3.C12H15Br/c1-4-15-37(16-5-1)40-31-33-41(34-32-40)49-28-14-29-50(54-49)48-27-12-25-46-47-26-13-30-51(53(47)56-52(46)48)55(44-23-10-21-42(35-44)38-17-6-2-7-18-38)45-24-11-22-43(36-45)39-19-8-3-9-20-39;45-42(46)39-25-11-23-37(43-39)36-22-9-20-34-35-21-10-24-38(41(35)47-40(34)36)44(32-18-7-16-30(26-32)28-12-3-1-4-13-28)33-19-8-17-31(27-33)29-14-5-2-6-15-29;13-12-8-6-11(7-9-12)10-4-2-1-3-5-10/h2-3,6-14,17-37H,1,4-5,15-16H2;1-27,45-46H;6-10H,1-5H2. The lowest BCUT2D eigenvalue weighted by Gasteiger charge is -2.26. The van der Waals surface area contributed by atoms with Gasteiger partial charge in [0, 0.05) is 65.5 Å². The highest BCUT2D eigenvalue weighted by molar-refractivity contribution is 9.10. The molecule has 0 atom stereocenters. The Morgan fingerprint density at radius 3 is 0.983 bits per heavy atom. The maximum Gasteiger partial charge on any atom is 0.508 e. The molecule has 8 nitrogen and oxygen atoms in total. The highest BCUT2D eigenvalue weighted by Crippen LogP contribution is 2.49. The number of furan rings is 2. The second kappa shape index (κ2) is 34.4. The number of aromatic nitrogens is 2. The third-order valence-corrected chi connectivity index (χ3v) is 23.4. The molecule has 0 aliphatic heterocycles. The molecule has 4 heterocycles.